The van der Waals surface area contributed by atoms with Gasteiger partial charge in [0.2, 0.25) is 0 Å². The third-order valence-electron chi connectivity index (χ3n) is 4.55. The first kappa shape index (κ1) is 19.1. The van der Waals surface area contributed by atoms with Crippen molar-refractivity contribution < 1.29 is 19.0 Å². The number of fused-ring (bicyclic) bond motifs is 1. The first-order valence-electron chi connectivity index (χ1n) is 9.13. The van der Waals surface area contributed by atoms with Crippen LogP contribution in [-0.4, -0.2) is 38.3 Å². The first-order valence-corrected chi connectivity index (χ1v) is 10.0. The molecule has 1 aliphatic heterocycles. The van der Waals surface area contributed by atoms with Gasteiger partial charge in [-0.25, -0.2) is 4.98 Å². The summed E-state index contributed by atoms with van der Waals surface area (Å²) in [7, 11) is 3.26. The predicted octanol–water partition coefficient (Wildman–Crippen LogP) is 3.81. The average Bonchev–Trinajstić information content (AvgIpc) is 3.22. The van der Waals surface area contributed by atoms with Gasteiger partial charge < -0.3 is 24.8 Å². The van der Waals surface area contributed by atoms with Crippen LogP contribution >= 0.6 is 11.3 Å². The number of anilines is 2. The van der Waals surface area contributed by atoms with Crippen LogP contribution in [0.25, 0.3) is 11.3 Å². The number of carbonyl (C=O) groups is 1. The maximum absolute atomic E-state index is 11.5. The van der Waals surface area contributed by atoms with Crippen molar-refractivity contribution >= 4 is 28.1 Å². The van der Waals surface area contributed by atoms with E-state index in [9.17, 15) is 4.79 Å². The van der Waals surface area contributed by atoms with Crippen LogP contribution in [0.15, 0.2) is 41.8 Å². The van der Waals surface area contributed by atoms with Gasteiger partial charge in [0.25, 0.3) is 5.91 Å². The van der Waals surface area contributed by atoms with E-state index in [4.69, 9.17) is 14.2 Å². The molecule has 1 aliphatic rings. The number of benzene rings is 2. The van der Waals surface area contributed by atoms with Crippen LogP contribution in [0.5, 0.6) is 17.2 Å². The van der Waals surface area contributed by atoms with Crippen molar-refractivity contribution in [3.05, 3.63) is 47.3 Å². The van der Waals surface area contributed by atoms with Gasteiger partial charge in [-0.15, -0.1) is 11.3 Å². The van der Waals surface area contributed by atoms with E-state index in [2.05, 4.69) is 15.6 Å². The highest BCUT2D eigenvalue weighted by Gasteiger charge is 2.17. The van der Waals surface area contributed by atoms with E-state index in [-0.39, 0.29) is 12.5 Å². The molecule has 2 aromatic carbocycles. The summed E-state index contributed by atoms with van der Waals surface area (Å²) in [5, 5.41) is 9.02. The highest BCUT2D eigenvalue weighted by Crippen LogP contribution is 2.34. The maximum Gasteiger partial charge on any atom is 0.262 e. The molecule has 0 aliphatic carbocycles. The standard InChI is InChI=1S/C21H21N3O4S/c1-26-18-5-3-13(9-19(18)27-2)7-8-22-21-24-16(12-29-21)14-4-6-17-15(10-14)23-20(25)11-28-17/h3-6,9-10,12H,7-8,11H2,1-2H3,(H,22,24)(H,23,25). The lowest BCUT2D eigenvalue weighted by molar-refractivity contribution is -0.118. The number of hydrogen-bond acceptors (Lipinski definition) is 7. The number of rotatable bonds is 7. The Morgan fingerprint density at radius 1 is 1.17 bits per heavy atom. The monoisotopic (exact) mass is 411 g/mol. The molecular weight excluding hydrogens is 390 g/mol. The number of ether oxygens (including phenoxy) is 3. The van der Waals surface area contributed by atoms with Crippen molar-refractivity contribution in [3.8, 4) is 28.5 Å². The zero-order valence-corrected chi connectivity index (χ0v) is 17.0. The molecule has 1 aromatic heterocycles. The number of thiazole rings is 1. The summed E-state index contributed by atoms with van der Waals surface area (Å²) >= 11 is 1.55. The molecule has 0 radical (unpaired) electrons. The number of methoxy groups -OCH3 is 2. The molecule has 0 saturated heterocycles. The molecule has 8 heteroatoms. The Morgan fingerprint density at radius 3 is 2.86 bits per heavy atom. The third-order valence-corrected chi connectivity index (χ3v) is 5.35. The van der Waals surface area contributed by atoms with E-state index in [0.717, 1.165) is 46.4 Å². The van der Waals surface area contributed by atoms with Crippen molar-refractivity contribution in [2.45, 2.75) is 6.42 Å². The molecule has 2 heterocycles. The Labute approximate surface area is 172 Å². The van der Waals surface area contributed by atoms with Crippen LogP contribution in [0, 0.1) is 0 Å². The molecule has 0 spiro atoms. The summed E-state index contributed by atoms with van der Waals surface area (Å²) in [6.07, 6.45) is 0.831. The minimum atomic E-state index is -0.148. The van der Waals surface area contributed by atoms with Crippen LogP contribution in [-0.2, 0) is 11.2 Å². The molecule has 29 heavy (non-hydrogen) atoms. The number of aromatic nitrogens is 1. The highest BCUT2D eigenvalue weighted by atomic mass is 32.1. The van der Waals surface area contributed by atoms with Crippen LogP contribution in [0.2, 0.25) is 0 Å². The molecule has 4 rings (SSSR count). The van der Waals surface area contributed by atoms with Gasteiger partial charge in [-0.2, -0.15) is 0 Å². The summed E-state index contributed by atoms with van der Waals surface area (Å²) in [5.74, 6) is 1.98. The average molecular weight is 411 g/mol. The van der Waals surface area contributed by atoms with Crippen LogP contribution in [0.1, 0.15) is 5.56 Å². The first-order chi connectivity index (χ1) is 14.2. The Balaban J connectivity index is 1.39. The van der Waals surface area contributed by atoms with Crippen molar-refractivity contribution in [1.29, 1.82) is 0 Å². The fraction of sp³-hybridized carbons (Fsp3) is 0.238. The molecule has 1 amide bonds. The van der Waals surface area contributed by atoms with Crippen LogP contribution < -0.4 is 24.8 Å². The fourth-order valence-corrected chi connectivity index (χ4v) is 3.83. The Kier molecular flexibility index (Phi) is 5.53. The summed E-state index contributed by atoms with van der Waals surface area (Å²) in [6, 6.07) is 11.6. The van der Waals surface area contributed by atoms with E-state index in [1.165, 1.54) is 0 Å². The zero-order valence-electron chi connectivity index (χ0n) is 16.2. The van der Waals surface area contributed by atoms with Crippen molar-refractivity contribution in [3.63, 3.8) is 0 Å². The third kappa shape index (κ3) is 4.27. The number of carbonyl (C=O) groups excluding carboxylic acids is 1. The fourth-order valence-electron chi connectivity index (χ4n) is 3.08. The van der Waals surface area contributed by atoms with E-state index >= 15 is 0 Å². The lowest BCUT2D eigenvalue weighted by Gasteiger charge is -2.18. The van der Waals surface area contributed by atoms with E-state index in [1.807, 2.05) is 41.8 Å². The number of amides is 1. The summed E-state index contributed by atoms with van der Waals surface area (Å²) in [4.78, 5) is 16.2. The molecular formula is C21H21N3O4S. The van der Waals surface area contributed by atoms with Gasteiger partial charge in [0.05, 0.1) is 25.6 Å². The predicted molar refractivity (Wildman–Crippen MR) is 113 cm³/mol. The van der Waals surface area contributed by atoms with Crippen molar-refractivity contribution in [1.82, 2.24) is 4.98 Å². The number of nitrogens with zero attached hydrogens (tertiary/aromatic N) is 1. The SMILES string of the molecule is COc1ccc(CCNc2nc(-c3ccc4c(c3)NC(=O)CO4)cs2)cc1OC. The molecule has 150 valence electrons. The molecule has 0 saturated carbocycles. The summed E-state index contributed by atoms with van der Waals surface area (Å²) < 4.78 is 16.0. The normalized spacial score (nSPS) is 12.6. The van der Waals surface area contributed by atoms with Crippen LogP contribution in [0.3, 0.4) is 0 Å². The largest absolute Gasteiger partial charge is 0.493 e. The zero-order chi connectivity index (χ0) is 20.2. The van der Waals surface area contributed by atoms with Crippen molar-refractivity contribution in [2.75, 3.05) is 38.0 Å². The van der Waals surface area contributed by atoms with E-state index in [1.54, 1.807) is 25.6 Å². The molecule has 0 bridgehead atoms. The molecule has 3 aromatic rings. The van der Waals surface area contributed by atoms with Crippen molar-refractivity contribution in [2.24, 2.45) is 0 Å². The van der Waals surface area contributed by atoms with Gasteiger partial charge in [-0.3, -0.25) is 4.79 Å². The summed E-state index contributed by atoms with van der Waals surface area (Å²) in [6.45, 7) is 0.799. The minimum absolute atomic E-state index is 0.0528. The lowest BCUT2D eigenvalue weighted by atomic mass is 10.1. The smallest absolute Gasteiger partial charge is 0.262 e. The molecule has 0 fully saturated rings. The van der Waals surface area contributed by atoms with Gasteiger partial charge in [0, 0.05) is 17.5 Å². The van der Waals surface area contributed by atoms with E-state index < -0.39 is 0 Å². The minimum Gasteiger partial charge on any atom is -0.493 e. The van der Waals surface area contributed by atoms with Gasteiger partial charge in [0.15, 0.2) is 23.2 Å². The van der Waals surface area contributed by atoms with Gasteiger partial charge in [0.1, 0.15) is 5.75 Å². The van der Waals surface area contributed by atoms with Gasteiger partial charge in [-0.1, -0.05) is 6.07 Å². The second-order valence-electron chi connectivity index (χ2n) is 6.45. The van der Waals surface area contributed by atoms with Crippen LogP contribution in [0.4, 0.5) is 10.8 Å². The molecule has 0 atom stereocenters. The Bertz CT molecular complexity index is 1030. The van der Waals surface area contributed by atoms with E-state index in [0.29, 0.717) is 11.4 Å². The topological polar surface area (TPSA) is 81.7 Å². The summed E-state index contributed by atoms with van der Waals surface area (Å²) in [5.41, 5.74) is 3.61. The maximum atomic E-state index is 11.5. The second kappa shape index (κ2) is 8.40. The number of nitrogens with one attached hydrogen (secondary N) is 2. The van der Waals surface area contributed by atoms with Gasteiger partial charge in [-0.05, 0) is 42.3 Å². The Hall–Kier alpha value is -3.26. The Morgan fingerprint density at radius 2 is 2.03 bits per heavy atom. The quantitative estimate of drug-likeness (QED) is 0.615. The second-order valence-corrected chi connectivity index (χ2v) is 7.31. The highest BCUT2D eigenvalue weighted by molar-refractivity contribution is 7.14. The molecule has 2 N–H and O–H groups in total. The molecule has 0 unspecified atom stereocenters. The molecule has 7 nitrogen and oxygen atoms in total. The lowest BCUT2D eigenvalue weighted by Crippen LogP contribution is -2.25. The number of hydrogen-bond donors (Lipinski definition) is 2. The van der Waals surface area contributed by atoms with Gasteiger partial charge >= 0.3 is 0 Å².